The molecule has 0 spiro atoms. The van der Waals surface area contributed by atoms with Gasteiger partial charge in [-0.1, -0.05) is 41.4 Å². The number of anilines is 1. The average Bonchev–Trinajstić information content (AvgIpc) is 2.53. The summed E-state index contributed by atoms with van der Waals surface area (Å²) in [7, 11) is 1.59. The second-order valence-corrected chi connectivity index (χ2v) is 5.85. The highest BCUT2D eigenvalue weighted by Gasteiger charge is 2.13. The van der Waals surface area contributed by atoms with Gasteiger partial charge in [0.25, 0.3) is 0 Å². The number of benzene rings is 2. The van der Waals surface area contributed by atoms with Crippen molar-refractivity contribution in [2.45, 2.75) is 13.0 Å². The number of carbonyl (C=O) groups excluding carboxylic acids is 1. The van der Waals surface area contributed by atoms with E-state index in [2.05, 4.69) is 10.6 Å². The molecule has 0 radical (unpaired) electrons. The molecular formula is C17H18Cl2N2O2. The highest BCUT2D eigenvalue weighted by Crippen LogP contribution is 2.26. The summed E-state index contributed by atoms with van der Waals surface area (Å²) in [6.07, 6.45) is 0. The Labute approximate surface area is 145 Å². The smallest absolute Gasteiger partial charge is 0.239 e. The van der Waals surface area contributed by atoms with E-state index in [4.69, 9.17) is 27.9 Å². The number of hydrogen-bond acceptors (Lipinski definition) is 3. The minimum Gasteiger partial charge on any atom is -0.495 e. The van der Waals surface area contributed by atoms with Gasteiger partial charge < -0.3 is 15.4 Å². The van der Waals surface area contributed by atoms with Crippen molar-refractivity contribution < 1.29 is 9.53 Å². The van der Waals surface area contributed by atoms with Crippen molar-refractivity contribution in [3.05, 3.63) is 58.1 Å². The number of rotatable bonds is 6. The van der Waals surface area contributed by atoms with Crippen molar-refractivity contribution >= 4 is 34.8 Å². The van der Waals surface area contributed by atoms with Crippen LogP contribution in [-0.2, 0) is 4.79 Å². The van der Waals surface area contributed by atoms with Crippen LogP contribution in [0.2, 0.25) is 10.0 Å². The van der Waals surface area contributed by atoms with Crippen molar-refractivity contribution in [3.63, 3.8) is 0 Å². The highest BCUT2D eigenvalue weighted by molar-refractivity contribution is 6.35. The number of para-hydroxylation sites is 2. The molecule has 0 fully saturated rings. The number of carbonyl (C=O) groups is 1. The zero-order valence-electron chi connectivity index (χ0n) is 12.9. The Morgan fingerprint density at radius 3 is 2.65 bits per heavy atom. The number of methoxy groups -OCH3 is 1. The second-order valence-electron chi connectivity index (χ2n) is 5.01. The van der Waals surface area contributed by atoms with Crippen LogP contribution in [0.1, 0.15) is 18.5 Å². The molecule has 0 aliphatic carbocycles. The molecule has 0 bridgehead atoms. The predicted molar refractivity (Wildman–Crippen MR) is 94.5 cm³/mol. The summed E-state index contributed by atoms with van der Waals surface area (Å²) in [6, 6.07) is 12.4. The summed E-state index contributed by atoms with van der Waals surface area (Å²) in [6.45, 7) is 2.01. The van der Waals surface area contributed by atoms with Gasteiger partial charge in [0.15, 0.2) is 0 Å². The van der Waals surface area contributed by atoms with Gasteiger partial charge in [-0.05, 0) is 36.8 Å². The molecule has 1 amide bonds. The Morgan fingerprint density at radius 2 is 1.96 bits per heavy atom. The zero-order chi connectivity index (χ0) is 16.8. The summed E-state index contributed by atoms with van der Waals surface area (Å²) >= 11 is 12.0. The molecule has 0 unspecified atom stereocenters. The average molecular weight is 353 g/mol. The van der Waals surface area contributed by atoms with Crippen molar-refractivity contribution in [3.8, 4) is 5.75 Å². The lowest BCUT2D eigenvalue weighted by atomic mass is 10.1. The lowest BCUT2D eigenvalue weighted by molar-refractivity contribution is -0.120. The van der Waals surface area contributed by atoms with Gasteiger partial charge in [0, 0.05) is 10.0 Å². The molecule has 0 saturated carbocycles. The molecule has 0 saturated heterocycles. The number of nitrogens with one attached hydrogen (secondary N) is 2. The van der Waals surface area contributed by atoms with Gasteiger partial charge in [0.05, 0.1) is 25.4 Å². The van der Waals surface area contributed by atoms with Crippen LogP contribution in [0.15, 0.2) is 42.5 Å². The third kappa shape index (κ3) is 4.78. The maximum Gasteiger partial charge on any atom is 0.239 e. The summed E-state index contributed by atoms with van der Waals surface area (Å²) in [5.74, 6) is 0.545. The molecule has 0 aliphatic rings. The van der Waals surface area contributed by atoms with Crippen LogP contribution in [0.3, 0.4) is 0 Å². The van der Waals surface area contributed by atoms with E-state index >= 15 is 0 Å². The topological polar surface area (TPSA) is 50.4 Å². The third-order valence-electron chi connectivity index (χ3n) is 3.35. The molecule has 2 rings (SSSR count). The molecule has 4 nitrogen and oxygen atoms in total. The summed E-state index contributed by atoms with van der Waals surface area (Å²) in [5.41, 5.74) is 1.59. The largest absolute Gasteiger partial charge is 0.495 e. The van der Waals surface area contributed by atoms with Gasteiger partial charge in [-0.25, -0.2) is 0 Å². The molecule has 1 atom stereocenters. The number of hydrogen-bond donors (Lipinski definition) is 2. The predicted octanol–water partition coefficient (Wildman–Crippen LogP) is 4.29. The minimum atomic E-state index is -0.216. The molecule has 0 aliphatic heterocycles. The van der Waals surface area contributed by atoms with E-state index in [-0.39, 0.29) is 18.5 Å². The standard InChI is InChI=1S/C17H18Cl2N2O2/c1-11(13-8-7-12(18)9-14(13)19)21-17(22)10-20-15-5-3-4-6-16(15)23-2/h3-9,11,20H,10H2,1-2H3,(H,21,22)/t11-/m0/s1. The molecule has 122 valence electrons. The molecule has 2 aromatic rings. The van der Waals surface area contributed by atoms with E-state index in [0.29, 0.717) is 15.8 Å². The zero-order valence-corrected chi connectivity index (χ0v) is 14.4. The summed E-state index contributed by atoms with van der Waals surface area (Å²) in [4.78, 5) is 12.1. The normalized spacial score (nSPS) is 11.7. The van der Waals surface area contributed by atoms with Gasteiger partial charge in [-0.2, -0.15) is 0 Å². The quantitative estimate of drug-likeness (QED) is 0.815. The van der Waals surface area contributed by atoms with Crippen molar-refractivity contribution in [2.75, 3.05) is 19.0 Å². The van der Waals surface area contributed by atoms with Gasteiger partial charge >= 0.3 is 0 Å². The lowest BCUT2D eigenvalue weighted by Gasteiger charge is -2.17. The van der Waals surface area contributed by atoms with E-state index < -0.39 is 0 Å². The molecule has 6 heteroatoms. The SMILES string of the molecule is COc1ccccc1NCC(=O)N[C@@H](C)c1ccc(Cl)cc1Cl. The Balaban J connectivity index is 1.94. The fraction of sp³-hybridized carbons (Fsp3) is 0.235. The van der Waals surface area contributed by atoms with Crippen LogP contribution in [0.25, 0.3) is 0 Å². The molecular weight excluding hydrogens is 335 g/mol. The second kappa shape index (κ2) is 8.09. The van der Waals surface area contributed by atoms with Crippen molar-refractivity contribution in [1.29, 1.82) is 0 Å². The lowest BCUT2D eigenvalue weighted by Crippen LogP contribution is -2.32. The fourth-order valence-corrected chi connectivity index (χ4v) is 2.76. The Kier molecular flexibility index (Phi) is 6.13. The van der Waals surface area contributed by atoms with Gasteiger partial charge in [0.2, 0.25) is 5.91 Å². The van der Waals surface area contributed by atoms with E-state index in [0.717, 1.165) is 11.3 Å². The first-order chi connectivity index (χ1) is 11.0. The first kappa shape index (κ1) is 17.4. The summed E-state index contributed by atoms with van der Waals surface area (Å²) in [5, 5.41) is 7.04. The van der Waals surface area contributed by atoms with Gasteiger partial charge in [-0.15, -0.1) is 0 Å². The molecule has 2 N–H and O–H groups in total. The minimum absolute atomic E-state index is 0.135. The van der Waals surface area contributed by atoms with Crippen LogP contribution in [-0.4, -0.2) is 19.6 Å². The first-order valence-corrected chi connectivity index (χ1v) is 7.88. The number of ether oxygens (including phenoxy) is 1. The van der Waals surface area contributed by atoms with E-state index in [1.165, 1.54) is 0 Å². The maximum atomic E-state index is 12.1. The molecule has 2 aromatic carbocycles. The molecule has 23 heavy (non-hydrogen) atoms. The Bertz CT molecular complexity index is 692. The van der Waals surface area contributed by atoms with Crippen LogP contribution >= 0.6 is 23.2 Å². The Hall–Kier alpha value is -1.91. The van der Waals surface area contributed by atoms with Crippen LogP contribution in [0, 0.1) is 0 Å². The van der Waals surface area contributed by atoms with E-state index in [1.54, 1.807) is 19.2 Å². The molecule has 0 heterocycles. The van der Waals surface area contributed by atoms with Crippen LogP contribution in [0.4, 0.5) is 5.69 Å². The van der Waals surface area contributed by atoms with Gasteiger partial charge in [0.1, 0.15) is 5.75 Å². The third-order valence-corrected chi connectivity index (χ3v) is 3.92. The van der Waals surface area contributed by atoms with E-state index in [9.17, 15) is 4.79 Å². The van der Waals surface area contributed by atoms with Crippen molar-refractivity contribution in [2.24, 2.45) is 0 Å². The first-order valence-electron chi connectivity index (χ1n) is 7.12. The Morgan fingerprint density at radius 1 is 1.22 bits per heavy atom. The molecule has 0 aromatic heterocycles. The van der Waals surface area contributed by atoms with Crippen LogP contribution in [0.5, 0.6) is 5.75 Å². The maximum absolute atomic E-state index is 12.1. The number of amides is 1. The van der Waals surface area contributed by atoms with Crippen LogP contribution < -0.4 is 15.4 Å². The fourth-order valence-electron chi connectivity index (χ4n) is 2.19. The number of halogens is 2. The van der Waals surface area contributed by atoms with E-state index in [1.807, 2.05) is 37.3 Å². The van der Waals surface area contributed by atoms with Crippen molar-refractivity contribution in [1.82, 2.24) is 5.32 Å². The monoisotopic (exact) mass is 352 g/mol. The summed E-state index contributed by atoms with van der Waals surface area (Å²) < 4.78 is 5.23. The highest BCUT2D eigenvalue weighted by atomic mass is 35.5. The van der Waals surface area contributed by atoms with Gasteiger partial charge in [-0.3, -0.25) is 4.79 Å².